The van der Waals surface area contributed by atoms with Crippen molar-refractivity contribution < 1.29 is 13.2 Å². The van der Waals surface area contributed by atoms with Crippen LogP contribution in [0.5, 0.6) is 5.75 Å². The predicted molar refractivity (Wildman–Crippen MR) is 93.4 cm³/mol. The Labute approximate surface area is 138 Å². The molecular weight excluding hydrogens is 312 g/mol. The van der Waals surface area contributed by atoms with E-state index in [0.29, 0.717) is 24.3 Å². The molecule has 1 atom stereocenters. The van der Waals surface area contributed by atoms with Gasteiger partial charge in [0.1, 0.15) is 5.75 Å². The third-order valence-electron chi connectivity index (χ3n) is 3.57. The molecule has 0 saturated carbocycles. The van der Waals surface area contributed by atoms with E-state index >= 15 is 0 Å². The quantitative estimate of drug-likeness (QED) is 0.777. The molecule has 0 unspecified atom stereocenters. The average Bonchev–Trinajstić information content (AvgIpc) is 2.54. The SMILES string of the molecule is CCN[C@H](C)CNS(=O)(=O)c1ccc(OCC)c2ccccc12. The van der Waals surface area contributed by atoms with Crippen molar-refractivity contribution in [2.75, 3.05) is 19.7 Å². The third-order valence-corrected chi connectivity index (χ3v) is 5.05. The second-order valence-electron chi connectivity index (χ2n) is 5.35. The van der Waals surface area contributed by atoms with Gasteiger partial charge in [-0.25, -0.2) is 13.1 Å². The number of fused-ring (bicyclic) bond motifs is 1. The summed E-state index contributed by atoms with van der Waals surface area (Å²) in [6.07, 6.45) is 0. The van der Waals surface area contributed by atoms with Crippen LogP contribution in [0.25, 0.3) is 10.8 Å². The summed E-state index contributed by atoms with van der Waals surface area (Å²) in [4.78, 5) is 0.278. The molecule has 0 aliphatic heterocycles. The van der Waals surface area contributed by atoms with Crippen LogP contribution in [0, 0.1) is 0 Å². The molecule has 5 nitrogen and oxygen atoms in total. The second-order valence-corrected chi connectivity index (χ2v) is 7.09. The normalized spacial score (nSPS) is 13.2. The Morgan fingerprint density at radius 2 is 1.78 bits per heavy atom. The first-order valence-electron chi connectivity index (χ1n) is 7.87. The molecule has 0 amide bonds. The van der Waals surface area contributed by atoms with Gasteiger partial charge in [0.15, 0.2) is 0 Å². The molecule has 0 aromatic heterocycles. The minimum absolute atomic E-state index is 0.0729. The highest BCUT2D eigenvalue weighted by atomic mass is 32.2. The highest BCUT2D eigenvalue weighted by molar-refractivity contribution is 7.89. The van der Waals surface area contributed by atoms with Crippen LogP contribution in [0.3, 0.4) is 0 Å². The van der Waals surface area contributed by atoms with E-state index in [9.17, 15) is 8.42 Å². The first kappa shape index (κ1) is 17.7. The zero-order valence-electron chi connectivity index (χ0n) is 13.8. The van der Waals surface area contributed by atoms with Crippen molar-refractivity contribution in [1.82, 2.24) is 10.0 Å². The standard InChI is InChI=1S/C17H24N2O3S/c1-4-18-13(3)12-19-23(20,21)17-11-10-16(22-5-2)14-8-6-7-9-15(14)17/h6-11,13,18-19H,4-5,12H2,1-3H3/t13-/m1/s1. The number of likely N-dealkylation sites (N-methyl/N-ethyl adjacent to an activating group) is 1. The van der Waals surface area contributed by atoms with Crippen molar-refractivity contribution in [3.05, 3.63) is 36.4 Å². The van der Waals surface area contributed by atoms with Crippen LogP contribution in [0.1, 0.15) is 20.8 Å². The Hall–Kier alpha value is -1.63. The summed E-state index contributed by atoms with van der Waals surface area (Å²) < 4.78 is 33.6. The highest BCUT2D eigenvalue weighted by Gasteiger charge is 2.19. The summed E-state index contributed by atoms with van der Waals surface area (Å²) in [5.74, 6) is 0.697. The van der Waals surface area contributed by atoms with E-state index < -0.39 is 10.0 Å². The molecule has 0 aliphatic carbocycles. The van der Waals surface area contributed by atoms with E-state index in [4.69, 9.17) is 4.74 Å². The number of sulfonamides is 1. The first-order valence-corrected chi connectivity index (χ1v) is 9.35. The summed E-state index contributed by atoms with van der Waals surface area (Å²) in [5, 5.41) is 4.66. The van der Waals surface area contributed by atoms with Crippen LogP contribution >= 0.6 is 0 Å². The Kier molecular flexibility index (Phi) is 5.98. The van der Waals surface area contributed by atoms with Crippen LogP contribution in [0.15, 0.2) is 41.3 Å². The minimum atomic E-state index is -3.58. The van der Waals surface area contributed by atoms with Gasteiger partial charge in [0.2, 0.25) is 10.0 Å². The summed E-state index contributed by atoms with van der Waals surface area (Å²) in [7, 11) is -3.58. The lowest BCUT2D eigenvalue weighted by Gasteiger charge is -2.15. The molecule has 0 fully saturated rings. The molecular formula is C17H24N2O3S. The van der Waals surface area contributed by atoms with Gasteiger partial charge in [0, 0.05) is 23.4 Å². The van der Waals surface area contributed by atoms with Crippen molar-refractivity contribution >= 4 is 20.8 Å². The molecule has 2 aromatic carbocycles. The first-order chi connectivity index (χ1) is 11.0. The lowest BCUT2D eigenvalue weighted by atomic mass is 10.1. The van der Waals surface area contributed by atoms with Crippen molar-refractivity contribution in [2.24, 2.45) is 0 Å². The Morgan fingerprint density at radius 1 is 1.09 bits per heavy atom. The predicted octanol–water partition coefficient (Wildman–Crippen LogP) is 2.51. The molecule has 2 aromatic rings. The van der Waals surface area contributed by atoms with Crippen LogP contribution < -0.4 is 14.8 Å². The van der Waals surface area contributed by atoms with Crippen LogP contribution in [0.2, 0.25) is 0 Å². The summed E-state index contributed by atoms with van der Waals surface area (Å²) in [6, 6.07) is 10.8. The lowest BCUT2D eigenvalue weighted by molar-refractivity contribution is 0.344. The minimum Gasteiger partial charge on any atom is -0.493 e. The van der Waals surface area contributed by atoms with Crippen LogP contribution in [-0.2, 0) is 10.0 Å². The van der Waals surface area contributed by atoms with Gasteiger partial charge in [-0.3, -0.25) is 0 Å². The van der Waals surface area contributed by atoms with Crippen molar-refractivity contribution in [3.8, 4) is 5.75 Å². The highest BCUT2D eigenvalue weighted by Crippen LogP contribution is 2.30. The van der Waals surface area contributed by atoms with Gasteiger partial charge in [-0.05, 0) is 32.5 Å². The summed E-state index contributed by atoms with van der Waals surface area (Å²) >= 11 is 0. The Balaban J connectivity index is 2.37. The summed E-state index contributed by atoms with van der Waals surface area (Å²) in [6.45, 7) is 7.53. The van der Waals surface area contributed by atoms with Gasteiger partial charge in [0.25, 0.3) is 0 Å². The van der Waals surface area contributed by atoms with E-state index in [0.717, 1.165) is 11.9 Å². The monoisotopic (exact) mass is 336 g/mol. The fourth-order valence-electron chi connectivity index (χ4n) is 2.49. The van der Waals surface area contributed by atoms with E-state index in [-0.39, 0.29) is 10.9 Å². The van der Waals surface area contributed by atoms with E-state index in [1.807, 2.05) is 39.0 Å². The van der Waals surface area contributed by atoms with Crippen molar-refractivity contribution in [2.45, 2.75) is 31.7 Å². The Morgan fingerprint density at radius 3 is 2.43 bits per heavy atom. The third kappa shape index (κ3) is 4.22. The van der Waals surface area contributed by atoms with Gasteiger partial charge < -0.3 is 10.1 Å². The van der Waals surface area contributed by atoms with Gasteiger partial charge in [-0.2, -0.15) is 0 Å². The molecule has 0 saturated heterocycles. The molecule has 126 valence electrons. The van der Waals surface area contributed by atoms with Crippen molar-refractivity contribution in [3.63, 3.8) is 0 Å². The largest absolute Gasteiger partial charge is 0.493 e. The fraction of sp³-hybridized carbons (Fsp3) is 0.412. The second kappa shape index (κ2) is 7.77. The average molecular weight is 336 g/mol. The molecule has 2 N–H and O–H groups in total. The maximum Gasteiger partial charge on any atom is 0.241 e. The van der Waals surface area contributed by atoms with Gasteiger partial charge in [0.05, 0.1) is 11.5 Å². The van der Waals surface area contributed by atoms with E-state index in [1.54, 1.807) is 18.2 Å². The molecule has 2 rings (SSSR count). The topological polar surface area (TPSA) is 67.4 Å². The maximum absolute atomic E-state index is 12.6. The molecule has 0 aliphatic rings. The molecule has 0 spiro atoms. The van der Waals surface area contributed by atoms with Crippen LogP contribution in [0.4, 0.5) is 0 Å². The number of nitrogens with one attached hydrogen (secondary N) is 2. The number of benzene rings is 2. The van der Waals surface area contributed by atoms with Gasteiger partial charge >= 0.3 is 0 Å². The van der Waals surface area contributed by atoms with E-state index in [2.05, 4.69) is 10.0 Å². The maximum atomic E-state index is 12.6. The number of ether oxygens (including phenoxy) is 1. The number of hydrogen-bond acceptors (Lipinski definition) is 4. The zero-order valence-corrected chi connectivity index (χ0v) is 14.6. The van der Waals surface area contributed by atoms with Gasteiger partial charge in [-0.1, -0.05) is 31.2 Å². The zero-order chi connectivity index (χ0) is 16.9. The molecule has 0 bridgehead atoms. The van der Waals surface area contributed by atoms with E-state index in [1.165, 1.54) is 0 Å². The van der Waals surface area contributed by atoms with Gasteiger partial charge in [-0.15, -0.1) is 0 Å². The molecule has 0 radical (unpaired) electrons. The molecule has 0 heterocycles. The van der Waals surface area contributed by atoms with Crippen LogP contribution in [-0.4, -0.2) is 34.2 Å². The summed E-state index contributed by atoms with van der Waals surface area (Å²) in [5.41, 5.74) is 0. The smallest absolute Gasteiger partial charge is 0.241 e. The molecule has 6 heteroatoms. The number of hydrogen-bond donors (Lipinski definition) is 2. The number of rotatable bonds is 8. The lowest BCUT2D eigenvalue weighted by Crippen LogP contribution is -2.38. The van der Waals surface area contributed by atoms with Crippen molar-refractivity contribution in [1.29, 1.82) is 0 Å². The fourth-order valence-corrected chi connectivity index (χ4v) is 3.83. The Bertz CT molecular complexity index is 760. The molecule has 23 heavy (non-hydrogen) atoms.